The van der Waals surface area contributed by atoms with E-state index in [4.69, 9.17) is 10.8 Å². The summed E-state index contributed by atoms with van der Waals surface area (Å²) in [5.41, 5.74) is 5.06. The molecule has 3 N–H and O–H groups in total. The monoisotopic (exact) mass is 262 g/mol. The molecule has 0 bridgehead atoms. The molecular weight excluding hydrogens is 249 g/mol. The van der Waals surface area contributed by atoms with Gasteiger partial charge in [-0.2, -0.15) is 0 Å². The molecule has 0 fully saturated rings. The topological polar surface area (TPSA) is 66.6 Å². The number of halogens is 3. The maximum absolute atomic E-state index is 12.9. The predicted molar refractivity (Wildman–Crippen MR) is 59.8 cm³/mol. The van der Waals surface area contributed by atoms with Gasteiger partial charge in [0.1, 0.15) is 5.82 Å². The lowest BCUT2D eigenvalue weighted by Crippen LogP contribution is -2.37. The Labute approximate surface area is 102 Å². The van der Waals surface area contributed by atoms with Crippen molar-refractivity contribution in [2.75, 3.05) is 25.4 Å². The second kappa shape index (κ2) is 6.25. The van der Waals surface area contributed by atoms with Crippen LogP contribution < -0.4 is 5.73 Å². The van der Waals surface area contributed by atoms with E-state index >= 15 is 0 Å². The fourth-order valence-corrected chi connectivity index (χ4v) is 1.42. The summed E-state index contributed by atoms with van der Waals surface area (Å²) in [6, 6.07) is 3.22. The third kappa shape index (κ3) is 3.63. The van der Waals surface area contributed by atoms with Gasteiger partial charge in [0.05, 0.1) is 18.8 Å². The molecule has 0 aromatic heterocycles. The summed E-state index contributed by atoms with van der Waals surface area (Å²) in [6.07, 6.45) is -2.71. The lowest BCUT2D eigenvalue weighted by Gasteiger charge is -2.21. The van der Waals surface area contributed by atoms with Crippen molar-refractivity contribution >= 4 is 11.6 Å². The van der Waals surface area contributed by atoms with Crippen molar-refractivity contribution in [2.45, 2.75) is 6.43 Å². The molecule has 100 valence electrons. The van der Waals surface area contributed by atoms with Crippen LogP contribution in [0.5, 0.6) is 0 Å². The summed E-state index contributed by atoms with van der Waals surface area (Å²) in [7, 11) is 0. The molecule has 0 heterocycles. The van der Waals surface area contributed by atoms with Crippen LogP contribution in [0.4, 0.5) is 18.9 Å². The Bertz CT molecular complexity index is 427. The molecule has 1 aromatic carbocycles. The summed E-state index contributed by atoms with van der Waals surface area (Å²) in [5.74, 6) is -1.41. The van der Waals surface area contributed by atoms with Gasteiger partial charge >= 0.3 is 0 Å². The number of aliphatic hydroxyl groups is 1. The summed E-state index contributed by atoms with van der Waals surface area (Å²) < 4.78 is 37.4. The van der Waals surface area contributed by atoms with Crippen LogP contribution in [-0.2, 0) is 0 Å². The minimum absolute atomic E-state index is 0.00278. The molecule has 0 unspecified atom stereocenters. The summed E-state index contributed by atoms with van der Waals surface area (Å²) >= 11 is 0. The molecule has 0 spiro atoms. The van der Waals surface area contributed by atoms with Crippen molar-refractivity contribution in [2.24, 2.45) is 0 Å². The van der Waals surface area contributed by atoms with E-state index in [9.17, 15) is 18.0 Å². The van der Waals surface area contributed by atoms with Crippen LogP contribution in [0.25, 0.3) is 0 Å². The standard InChI is InChI=1S/C11H13F3N2O2/c12-8-2-1-7(5-9(8)15)11(18)16(3-4-17)6-10(13)14/h1-2,5,10,17H,3-4,6,15H2. The Balaban J connectivity index is 2.90. The lowest BCUT2D eigenvalue weighted by atomic mass is 10.1. The normalized spacial score (nSPS) is 10.7. The number of aliphatic hydroxyl groups excluding tert-OH is 1. The largest absolute Gasteiger partial charge is 0.396 e. The number of amides is 1. The van der Waals surface area contributed by atoms with Gasteiger partial charge in [0.25, 0.3) is 12.3 Å². The highest BCUT2D eigenvalue weighted by Crippen LogP contribution is 2.14. The maximum atomic E-state index is 12.9. The third-order valence-corrected chi connectivity index (χ3v) is 2.26. The van der Waals surface area contributed by atoms with Gasteiger partial charge in [0.2, 0.25) is 0 Å². The molecule has 4 nitrogen and oxygen atoms in total. The van der Waals surface area contributed by atoms with Crippen LogP contribution in [0.2, 0.25) is 0 Å². The first kappa shape index (κ1) is 14.3. The average molecular weight is 262 g/mol. The first-order valence-corrected chi connectivity index (χ1v) is 5.19. The van der Waals surface area contributed by atoms with Crippen molar-refractivity contribution in [1.82, 2.24) is 4.90 Å². The van der Waals surface area contributed by atoms with Crippen molar-refractivity contribution < 1.29 is 23.1 Å². The smallest absolute Gasteiger partial charge is 0.255 e. The van der Waals surface area contributed by atoms with Gasteiger partial charge in [-0.15, -0.1) is 0 Å². The number of hydrogen-bond acceptors (Lipinski definition) is 3. The van der Waals surface area contributed by atoms with E-state index in [1.807, 2.05) is 0 Å². The van der Waals surface area contributed by atoms with Crippen molar-refractivity contribution in [3.63, 3.8) is 0 Å². The molecule has 0 aliphatic carbocycles. The van der Waals surface area contributed by atoms with Gasteiger partial charge in [0, 0.05) is 12.1 Å². The molecule has 7 heteroatoms. The fraction of sp³-hybridized carbons (Fsp3) is 0.364. The van der Waals surface area contributed by atoms with Crippen LogP contribution in [0.3, 0.4) is 0 Å². The highest BCUT2D eigenvalue weighted by molar-refractivity contribution is 5.95. The second-order valence-electron chi connectivity index (χ2n) is 3.60. The van der Waals surface area contributed by atoms with E-state index in [2.05, 4.69) is 0 Å². The molecule has 0 saturated carbocycles. The van der Waals surface area contributed by atoms with Gasteiger partial charge < -0.3 is 15.7 Å². The number of hydrogen-bond donors (Lipinski definition) is 2. The molecule has 1 amide bonds. The van der Waals surface area contributed by atoms with Crippen LogP contribution in [0, 0.1) is 5.82 Å². The molecule has 18 heavy (non-hydrogen) atoms. The maximum Gasteiger partial charge on any atom is 0.255 e. The summed E-state index contributed by atoms with van der Waals surface area (Å²) in [6.45, 7) is -1.45. The fourth-order valence-electron chi connectivity index (χ4n) is 1.42. The number of alkyl halides is 2. The first-order valence-electron chi connectivity index (χ1n) is 5.19. The second-order valence-corrected chi connectivity index (χ2v) is 3.60. The Hall–Kier alpha value is -1.76. The number of anilines is 1. The zero-order valence-corrected chi connectivity index (χ0v) is 9.44. The third-order valence-electron chi connectivity index (χ3n) is 2.26. The van der Waals surface area contributed by atoms with E-state index in [-0.39, 0.29) is 17.8 Å². The molecule has 0 aliphatic heterocycles. The number of nitrogens with two attached hydrogens (primary N) is 1. The molecule has 0 aliphatic rings. The van der Waals surface area contributed by atoms with E-state index in [1.54, 1.807) is 0 Å². The SMILES string of the molecule is Nc1cc(C(=O)N(CCO)CC(F)F)ccc1F. The number of nitrogens with zero attached hydrogens (tertiary/aromatic N) is 1. The Morgan fingerprint density at radius 1 is 1.44 bits per heavy atom. The van der Waals surface area contributed by atoms with Crippen molar-refractivity contribution in [3.05, 3.63) is 29.6 Å². The molecule has 0 saturated heterocycles. The zero-order chi connectivity index (χ0) is 13.7. The number of nitrogen functional groups attached to an aromatic ring is 1. The van der Waals surface area contributed by atoms with Crippen LogP contribution in [0.1, 0.15) is 10.4 Å². The van der Waals surface area contributed by atoms with E-state index in [1.165, 1.54) is 0 Å². The van der Waals surface area contributed by atoms with Crippen molar-refractivity contribution in [1.29, 1.82) is 0 Å². The van der Waals surface area contributed by atoms with Crippen LogP contribution in [-0.4, -0.2) is 42.0 Å². The first-order chi connectivity index (χ1) is 8.45. The van der Waals surface area contributed by atoms with Crippen molar-refractivity contribution in [3.8, 4) is 0 Å². The minimum atomic E-state index is -2.71. The Kier molecular flexibility index (Phi) is 4.96. The van der Waals surface area contributed by atoms with Crippen LogP contribution >= 0.6 is 0 Å². The van der Waals surface area contributed by atoms with Gasteiger partial charge in [-0.1, -0.05) is 0 Å². The highest BCUT2D eigenvalue weighted by Gasteiger charge is 2.19. The van der Waals surface area contributed by atoms with Gasteiger partial charge in [-0.3, -0.25) is 4.79 Å². The number of benzene rings is 1. The quantitative estimate of drug-likeness (QED) is 0.781. The van der Waals surface area contributed by atoms with E-state index in [0.717, 1.165) is 23.1 Å². The zero-order valence-electron chi connectivity index (χ0n) is 9.44. The Morgan fingerprint density at radius 2 is 2.11 bits per heavy atom. The van der Waals surface area contributed by atoms with E-state index in [0.29, 0.717) is 0 Å². The van der Waals surface area contributed by atoms with E-state index < -0.39 is 31.3 Å². The minimum Gasteiger partial charge on any atom is -0.396 e. The molecule has 1 rings (SSSR count). The molecule has 0 radical (unpaired) electrons. The lowest BCUT2D eigenvalue weighted by molar-refractivity contribution is 0.0509. The summed E-state index contributed by atoms with van der Waals surface area (Å²) in [4.78, 5) is 12.6. The summed E-state index contributed by atoms with van der Waals surface area (Å²) in [5, 5.41) is 8.72. The molecule has 1 aromatic rings. The van der Waals surface area contributed by atoms with Gasteiger partial charge in [0.15, 0.2) is 0 Å². The van der Waals surface area contributed by atoms with Crippen LogP contribution in [0.15, 0.2) is 18.2 Å². The average Bonchev–Trinajstić information content (AvgIpc) is 2.31. The number of carbonyl (C=O) groups excluding carboxylic acids is 1. The highest BCUT2D eigenvalue weighted by atomic mass is 19.3. The molecule has 0 atom stereocenters. The van der Waals surface area contributed by atoms with Gasteiger partial charge in [-0.05, 0) is 18.2 Å². The predicted octanol–water partition coefficient (Wildman–Crippen LogP) is 1.11. The van der Waals surface area contributed by atoms with Gasteiger partial charge in [-0.25, -0.2) is 13.2 Å². The Morgan fingerprint density at radius 3 is 2.61 bits per heavy atom. The number of carbonyl (C=O) groups is 1. The number of rotatable bonds is 5. The molecular formula is C11H13F3N2O2.